The molecule has 60 valence electrons. The molecule has 0 bridgehead atoms. The van der Waals surface area contributed by atoms with Crippen LogP contribution in [0.1, 0.15) is 11.3 Å². The van der Waals surface area contributed by atoms with Crippen LogP contribution in [0.4, 0.5) is 0 Å². The lowest BCUT2D eigenvalue weighted by molar-refractivity contribution is 0.739. The van der Waals surface area contributed by atoms with Gasteiger partial charge in [-0.2, -0.15) is 0 Å². The number of hydrogen-bond donors (Lipinski definition) is 2. The number of halogens is 1. The second kappa shape index (κ2) is 3.67. The number of nitrogens with one attached hydrogen (secondary N) is 1. The van der Waals surface area contributed by atoms with E-state index in [2.05, 4.69) is 10.4 Å². The highest BCUT2D eigenvalue weighted by Crippen LogP contribution is 2.09. The van der Waals surface area contributed by atoms with Crippen molar-refractivity contribution in [1.29, 1.82) is 0 Å². The molecule has 0 fully saturated rings. The molecule has 0 aromatic carbocycles. The molecule has 3 nitrogen and oxygen atoms in total. The van der Waals surface area contributed by atoms with Crippen molar-refractivity contribution in [2.24, 2.45) is 5.84 Å². The Kier molecular flexibility index (Phi) is 2.82. The summed E-state index contributed by atoms with van der Waals surface area (Å²) in [7, 11) is 0. The van der Waals surface area contributed by atoms with E-state index in [9.17, 15) is 0 Å². The molecule has 0 unspecified atom stereocenters. The third-order valence-corrected chi connectivity index (χ3v) is 1.48. The number of rotatable bonds is 2. The number of aryl methyl sites for hydroxylation is 1. The Hall–Kier alpha value is -0.640. The van der Waals surface area contributed by atoms with Crippen LogP contribution >= 0.6 is 11.6 Å². The highest BCUT2D eigenvalue weighted by molar-refractivity contribution is 6.29. The average Bonchev–Trinajstić information content (AvgIpc) is 1.85. The van der Waals surface area contributed by atoms with E-state index in [4.69, 9.17) is 17.4 Å². The number of hydrazine groups is 1. The molecule has 0 amide bonds. The number of hydrogen-bond acceptors (Lipinski definition) is 3. The SMILES string of the molecule is Cc1cc(CNN)cc(Cl)n1. The van der Waals surface area contributed by atoms with Crippen LogP contribution in [0.3, 0.4) is 0 Å². The maximum Gasteiger partial charge on any atom is 0.129 e. The fraction of sp³-hybridized carbons (Fsp3) is 0.286. The first kappa shape index (κ1) is 8.46. The first-order valence-electron chi connectivity index (χ1n) is 3.29. The van der Waals surface area contributed by atoms with Crippen LogP contribution in [0.25, 0.3) is 0 Å². The van der Waals surface area contributed by atoms with Gasteiger partial charge in [-0.1, -0.05) is 11.6 Å². The van der Waals surface area contributed by atoms with Gasteiger partial charge in [0.1, 0.15) is 5.15 Å². The van der Waals surface area contributed by atoms with Gasteiger partial charge in [0, 0.05) is 12.2 Å². The molecule has 1 heterocycles. The molecule has 4 heteroatoms. The topological polar surface area (TPSA) is 50.9 Å². The zero-order valence-electron chi connectivity index (χ0n) is 6.26. The Labute approximate surface area is 70.5 Å². The third-order valence-electron chi connectivity index (χ3n) is 1.29. The summed E-state index contributed by atoms with van der Waals surface area (Å²) < 4.78 is 0. The van der Waals surface area contributed by atoms with Crippen molar-refractivity contribution in [3.63, 3.8) is 0 Å². The van der Waals surface area contributed by atoms with Crippen molar-refractivity contribution in [3.05, 3.63) is 28.5 Å². The standard InChI is InChI=1S/C7H10ClN3/c1-5-2-6(4-10-9)3-7(8)11-5/h2-3,10H,4,9H2,1H3. The fourth-order valence-corrected chi connectivity index (χ4v) is 1.19. The van der Waals surface area contributed by atoms with E-state index in [1.807, 2.05) is 13.0 Å². The van der Waals surface area contributed by atoms with Crippen molar-refractivity contribution in [2.75, 3.05) is 0 Å². The van der Waals surface area contributed by atoms with Crippen molar-refractivity contribution in [1.82, 2.24) is 10.4 Å². The first-order valence-corrected chi connectivity index (χ1v) is 3.66. The van der Waals surface area contributed by atoms with E-state index in [0.29, 0.717) is 11.7 Å². The van der Waals surface area contributed by atoms with Crippen LogP contribution < -0.4 is 11.3 Å². The summed E-state index contributed by atoms with van der Waals surface area (Å²) >= 11 is 5.71. The van der Waals surface area contributed by atoms with Gasteiger partial charge in [-0.25, -0.2) is 4.98 Å². The van der Waals surface area contributed by atoms with Crippen molar-refractivity contribution >= 4 is 11.6 Å². The predicted molar refractivity (Wildman–Crippen MR) is 45.0 cm³/mol. The summed E-state index contributed by atoms with van der Waals surface area (Å²) in [6.45, 7) is 2.51. The Morgan fingerprint density at radius 2 is 2.36 bits per heavy atom. The van der Waals surface area contributed by atoms with Gasteiger partial charge in [0.15, 0.2) is 0 Å². The van der Waals surface area contributed by atoms with E-state index in [1.54, 1.807) is 6.07 Å². The van der Waals surface area contributed by atoms with Crippen LogP contribution in [0.5, 0.6) is 0 Å². The molecule has 0 saturated heterocycles. The lowest BCUT2D eigenvalue weighted by Crippen LogP contribution is -2.20. The summed E-state index contributed by atoms with van der Waals surface area (Å²) in [5.74, 6) is 5.15. The molecule has 0 spiro atoms. The molecule has 1 rings (SSSR count). The minimum atomic E-state index is 0.509. The highest BCUT2D eigenvalue weighted by Gasteiger charge is 1.95. The van der Waals surface area contributed by atoms with Crippen LogP contribution in [0.15, 0.2) is 12.1 Å². The number of nitrogens with two attached hydrogens (primary N) is 1. The number of aromatic nitrogens is 1. The fourth-order valence-electron chi connectivity index (χ4n) is 0.916. The minimum Gasteiger partial charge on any atom is -0.271 e. The van der Waals surface area contributed by atoms with E-state index >= 15 is 0 Å². The number of pyridine rings is 1. The van der Waals surface area contributed by atoms with E-state index < -0.39 is 0 Å². The van der Waals surface area contributed by atoms with E-state index in [0.717, 1.165) is 11.3 Å². The summed E-state index contributed by atoms with van der Waals surface area (Å²) in [5, 5.41) is 0.509. The zero-order valence-corrected chi connectivity index (χ0v) is 7.02. The molecule has 0 aliphatic carbocycles. The molecule has 3 N–H and O–H groups in total. The molecule has 0 aliphatic heterocycles. The average molecular weight is 172 g/mol. The van der Waals surface area contributed by atoms with Crippen LogP contribution in [-0.2, 0) is 6.54 Å². The summed E-state index contributed by atoms with van der Waals surface area (Å²) in [6, 6.07) is 3.72. The van der Waals surface area contributed by atoms with Crippen LogP contribution in [-0.4, -0.2) is 4.98 Å². The molecule has 11 heavy (non-hydrogen) atoms. The van der Waals surface area contributed by atoms with Gasteiger partial charge in [0.2, 0.25) is 0 Å². The zero-order chi connectivity index (χ0) is 8.27. The van der Waals surface area contributed by atoms with E-state index in [-0.39, 0.29) is 0 Å². The maximum atomic E-state index is 5.71. The second-order valence-electron chi connectivity index (χ2n) is 2.32. The molecular weight excluding hydrogens is 162 g/mol. The Morgan fingerprint density at radius 3 is 2.91 bits per heavy atom. The molecule has 0 aliphatic rings. The quantitative estimate of drug-likeness (QED) is 0.397. The smallest absolute Gasteiger partial charge is 0.129 e. The predicted octanol–water partition coefficient (Wildman–Crippen LogP) is 1.01. The van der Waals surface area contributed by atoms with Gasteiger partial charge in [-0.3, -0.25) is 11.3 Å². The Morgan fingerprint density at radius 1 is 1.64 bits per heavy atom. The van der Waals surface area contributed by atoms with Gasteiger partial charge in [0.05, 0.1) is 0 Å². The van der Waals surface area contributed by atoms with Crippen LogP contribution in [0.2, 0.25) is 5.15 Å². The van der Waals surface area contributed by atoms with Gasteiger partial charge in [0.25, 0.3) is 0 Å². The molecule has 1 aromatic rings. The lowest BCUT2D eigenvalue weighted by atomic mass is 10.2. The molecule has 0 saturated carbocycles. The Bertz CT molecular complexity index is 229. The monoisotopic (exact) mass is 171 g/mol. The molecule has 0 atom stereocenters. The largest absolute Gasteiger partial charge is 0.271 e. The van der Waals surface area contributed by atoms with Crippen molar-refractivity contribution in [2.45, 2.75) is 13.5 Å². The van der Waals surface area contributed by atoms with Gasteiger partial charge in [-0.05, 0) is 24.6 Å². The normalized spacial score (nSPS) is 10.1. The lowest BCUT2D eigenvalue weighted by Gasteiger charge is -2.01. The third kappa shape index (κ3) is 2.46. The van der Waals surface area contributed by atoms with Gasteiger partial charge >= 0.3 is 0 Å². The first-order chi connectivity index (χ1) is 5.22. The number of nitrogens with zero attached hydrogens (tertiary/aromatic N) is 1. The van der Waals surface area contributed by atoms with Crippen LogP contribution in [0, 0.1) is 6.92 Å². The maximum absolute atomic E-state index is 5.71. The molecule has 0 radical (unpaired) electrons. The minimum absolute atomic E-state index is 0.509. The second-order valence-corrected chi connectivity index (χ2v) is 2.71. The van der Waals surface area contributed by atoms with Gasteiger partial charge in [-0.15, -0.1) is 0 Å². The summed E-state index contributed by atoms with van der Waals surface area (Å²) in [4.78, 5) is 4.01. The molecular formula is C7H10ClN3. The Balaban J connectivity index is 2.89. The highest BCUT2D eigenvalue weighted by atomic mass is 35.5. The molecule has 1 aromatic heterocycles. The summed E-state index contributed by atoms with van der Waals surface area (Å²) in [5.41, 5.74) is 4.50. The van der Waals surface area contributed by atoms with Crippen molar-refractivity contribution in [3.8, 4) is 0 Å². The van der Waals surface area contributed by atoms with Crippen molar-refractivity contribution < 1.29 is 0 Å². The van der Waals surface area contributed by atoms with E-state index in [1.165, 1.54) is 0 Å². The van der Waals surface area contributed by atoms with Gasteiger partial charge < -0.3 is 0 Å². The summed E-state index contributed by atoms with van der Waals surface area (Å²) in [6.07, 6.45) is 0.